The quantitative estimate of drug-likeness (QED) is 0.487. The Morgan fingerprint density at radius 3 is 2.14 bits per heavy atom. The van der Waals surface area contributed by atoms with Crippen molar-refractivity contribution in [3.63, 3.8) is 0 Å². The van der Waals surface area contributed by atoms with Crippen LogP contribution in [0.4, 0.5) is 4.79 Å². The lowest BCUT2D eigenvalue weighted by Gasteiger charge is -2.47. The van der Waals surface area contributed by atoms with E-state index in [1.165, 1.54) is 26.2 Å². The molecule has 0 aromatic heterocycles. The first-order valence-electron chi connectivity index (χ1n) is 10.8. The summed E-state index contributed by atoms with van der Waals surface area (Å²) >= 11 is 0. The van der Waals surface area contributed by atoms with E-state index in [0.29, 0.717) is 12.1 Å². The molecule has 1 amide bonds. The van der Waals surface area contributed by atoms with Gasteiger partial charge in [0.1, 0.15) is 5.60 Å². The zero-order valence-electron chi connectivity index (χ0n) is 18.0. The lowest BCUT2D eigenvalue weighted by molar-refractivity contribution is 0.0154. The lowest BCUT2D eigenvalue weighted by Crippen LogP contribution is -2.64. The highest BCUT2D eigenvalue weighted by Crippen LogP contribution is 2.19. The van der Waals surface area contributed by atoms with E-state index in [9.17, 15) is 4.79 Å². The van der Waals surface area contributed by atoms with Gasteiger partial charge in [-0.2, -0.15) is 0 Å². The summed E-state index contributed by atoms with van der Waals surface area (Å²) in [4.78, 5) is 21.5. The molecule has 0 spiro atoms. The molecule has 1 unspecified atom stereocenters. The van der Waals surface area contributed by atoms with Gasteiger partial charge in [-0.1, -0.05) is 0 Å². The van der Waals surface area contributed by atoms with Crippen molar-refractivity contribution in [1.82, 2.24) is 25.8 Å². The smallest absolute Gasteiger partial charge is 0.407 e. The number of carbonyl (C=O) groups is 1. The van der Waals surface area contributed by atoms with Crippen LogP contribution in [0.2, 0.25) is 0 Å². The largest absolute Gasteiger partial charge is 0.444 e. The highest BCUT2D eigenvalue weighted by molar-refractivity contribution is 5.80. The number of ether oxygens (including phenoxy) is 1. The third-order valence-electron chi connectivity index (χ3n) is 5.91. The summed E-state index contributed by atoms with van der Waals surface area (Å²) in [6.07, 6.45) is 3.64. The number of aliphatic imine (C=N–C) groups is 1. The first-order chi connectivity index (χ1) is 13.3. The van der Waals surface area contributed by atoms with E-state index in [-0.39, 0.29) is 12.1 Å². The molecule has 3 saturated heterocycles. The van der Waals surface area contributed by atoms with Crippen molar-refractivity contribution < 1.29 is 9.53 Å². The molecule has 1 saturated carbocycles. The van der Waals surface area contributed by atoms with E-state index in [1.54, 1.807) is 0 Å². The standard InChI is InChI=1S/C20H38N6O2/c1-20(2,3)28-19(27)24-16-7-5-15(6-8-16)23-18(21-4)22-13-17-14-25-9-11-26(17)12-10-25/h15-17H,5-14H2,1-4H3,(H,24,27)(H2,21,22,23). The molecular formula is C20H38N6O2. The van der Waals surface area contributed by atoms with Crippen molar-refractivity contribution in [2.24, 2.45) is 4.99 Å². The first kappa shape index (κ1) is 21.2. The number of guanidine groups is 1. The number of rotatable bonds is 4. The van der Waals surface area contributed by atoms with Crippen LogP contribution in [0.25, 0.3) is 0 Å². The van der Waals surface area contributed by atoms with E-state index >= 15 is 0 Å². The molecule has 3 heterocycles. The third kappa shape index (κ3) is 6.24. The summed E-state index contributed by atoms with van der Waals surface area (Å²) in [6.45, 7) is 12.6. The highest BCUT2D eigenvalue weighted by atomic mass is 16.6. The Balaban J connectivity index is 1.35. The number of carbonyl (C=O) groups excluding carboxylic acids is 1. The molecule has 28 heavy (non-hydrogen) atoms. The second-order valence-electron chi connectivity index (χ2n) is 9.28. The normalized spacial score (nSPS) is 33.3. The maximum Gasteiger partial charge on any atom is 0.407 e. The van der Waals surface area contributed by atoms with Gasteiger partial charge in [0, 0.05) is 64.4 Å². The topological polar surface area (TPSA) is 81.2 Å². The molecule has 3 aliphatic heterocycles. The van der Waals surface area contributed by atoms with Gasteiger partial charge in [0.05, 0.1) is 0 Å². The molecule has 8 nitrogen and oxygen atoms in total. The maximum absolute atomic E-state index is 11.9. The highest BCUT2D eigenvalue weighted by Gasteiger charge is 2.32. The van der Waals surface area contributed by atoms with Gasteiger partial charge in [0.25, 0.3) is 0 Å². The molecule has 4 fully saturated rings. The Morgan fingerprint density at radius 1 is 1.04 bits per heavy atom. The van der Waals surface area contributed by atoms with E-state index in [4.69, 9.17) is 4.74 Å². The van der Waals surface area contributed by atoms with Gasteiger partial charge in [-0.05, 0) is 46.5 Å². The Labute approximate surface area is 169 Å². The van der Waals surface area contributed by atoms with E-state index < -0.39 is 5.60 Å². The van der Waals surface area contributed by atoms with Crippen LogP contribution < -0.4 is 16.0 Å². The van der Waals surface area contributed by atoms with Crippen molar-refractivity contribution in [2.45, 2.75) is 70.2 Å². The summed E-state index contributed by atoms with van der Waals surface area (Å²) in [6, 6.07) is 1.17. The average molecular weight is 395 g/mol. The fourth-order valence-electron chi connectivity index (χ4n) is 4.38. The van der Waals surface area contributed by atoms with Crippen molar-refractivity contribution in [3.05, 3.63) is 0 Å². The number of fused-ring (bicyclic) bond motifs is 3. The summed E-state index contributed by atoms with van der Waals surface area (Å²) in [5, 5.41) is 10.1. The average Bonchev–Trinajstić information content (AvgIpc) is 2.66. The minimum atomic E-state index is -0.452. The SMILES string of the molecule is CN=C(NCC1CN2CCN1CC2)NC1CCC(NC(=O)OC(C)(C)C)CC1. The summed E-state index contributed by atoms with van der Waals surface area (Å²) in [7, 11) is 1.84. The molecule has 1 atom stereocenters. The fourth-order valence-corrected chi connectivity index (χ4v) is 4.38. The second-order valence-corrected chi connectivity index (χ2v) is 9.28. The summed E-state index contributed by atoms with van der Waals surface area (Å²) in [5.41, 5.74) is -0.452. The van der Waals surface area contributed by atoms with Crippen molar-refractivity contribution in [2.75, 3.05) is 46.3 Å². The van der Waals surface area contributed by atoms with Gasteiger partial charge < -0.3 is 20.7 Å². The zero-order valence-corrected chi connectivity index (χ0v) is 18.0. The number of hydrogen-bond acceptors (Lipinski definition) is 5. The molecule has 4 aliphatic rings. The van der Waals surface area contributed by atoms with Crippen LogP contribution in [0.15, 0.2) is 4.99 Å². The van der Waals surface area contributed by atoms with Gasteiger partial charge in [-0.15, -0.1) is 0 Å². The van der Waals surface area contributed by atoms with Gasteiger partial charge in [0.15, 0.2) is 5.96 Å². The van der Waals surface area contributed by atoms with E-state index in [2.05, 4.69) is 30.7 Å². The minimum absolute atomic E-state index is 0.197. The Morgan fingerprint density at radius 2 is 1.64 bits per heavy atom. The summed E-state index contributed by atoms with van der Waals surface area (Å²) < 4.78 is 5.36. The first-order valence-corrected chi connectivity index (χ1v) is 10.8. The molecule has 8 heteroatoms. The van der Waals surface area contributed by atoms with Crippen LogP contribution in [0, 0.1) is 0 Å². The van der Waals surface area contributed by atoms with Gasteiger partial charge in [0.2, 0.25) is 0 Å². The van der Waals surface area contributed by atoms with Crippen LogP contribution in [-0.4, -0.2) is 91.9 Å². The number of nitrogens with zero attached hydrogens (tertiary/aromatic N) is 3. The van der Waals surface area contributed by atoms with Crippen molar-refractivity contribution in [3.8, 4) is 0 Å². The number of alkyl carbamates (subject to hydrolysis) is 1. The Kier molecular flexibility index (Phi) is 7.04. The fraction of sp³-hybridized carbons (Fsp3) is 0.900. The second kappa shape index (κ2) is 9.31. The number of amides is 1. The molecule has 0 aromatic rings. The van der Waals surface area contributed by atoms with Crippen LogP contribution in [-0.2, 0) is 4.74 Å². The van der Waals surface area contributed by atoms with Crippen LogP contribution in [0.3, 0.4) is 0 Å². The minimum Gasteiger partial charge on any atom is -0.444 e. The Bertz CT molecular complexity index is 545. The third-order valence-corrected chi connectivity index (χ3v) is 5.91. The van der Waals surface area contributed by atoms with E-state index in [0.717, 1.165) is 44.7 Å². The van der Waals surface area contributed by atoms with Gasteiger partial charge >= 0.3 is 6.09 Å². The molecule has 4 rings (SSSR count). The molecule has 0 aromatic carbocycles. The summed E-state index contributed by atoms with van der Waals surface area (Å²) in [5.74, 6) is 0.890. The molecule has 0 radical (unpaired) electrons. The molecule has 160 valence electrons. The monoisotopic (exact) mass is 394 g/mol. The number of nitrogens with one attached hydrogen (secondary N) is 3. The lowest BCUT2D eigenvalue weighted by atomic mass is 9.91. The predicted octanol–water partition coefficient (Wildman–Crippen LogP) is 0.987. The van der Waals surface area contributed by atoms with Gasteiger partial charge in [-0.25, -0.2) is 4.79 Å². The van der Waals surface area contributed by atoms with Crippen molar-refractivity contribution in [1.29, 1.82) is 0 Å². The number of hydrogen-bond donors (Lipinski definition) is 3. The van der Waals surface area contributed by atoms with Crippen molar-refractivity contribution >= 4 is 12.1 Å². The zero-order chi connectivity index (χ0) is 20.1. The van der Waals surface area contributed by atoms with Gasteiger partial charge in [-0.3, -0.25) is 14.8 Å². The Hall–Kier alpha value is -1.54. The number of piperazine rings is 3. The molecule has 2 bridgehead atoms. The van der Waals surface area contributed by atoms with Crippen LogP contribution in [0.1, 0.15) is 46.5 Å². The molecule has 3 N–H and O–H groups in total. The maximum atomic E-state index is 11.9. The predicted molar refractivity (Wildman–Crippen MR) is 112 cm³/mol. The molecular weight excluding hydrogens is 356 g/mol. The van der Waals surface area contributed by atoms with E-state index in [1.807, 2.05) is 27.8 Å². The van der Waals surface area contributed by atoms with Crippen LogP contribution >= 0.6 is 0 Å². The molecule has 1 aliphatic carbocycles. The van der Waals surface area contributed by atoms with Crippen LogP contribution in [0.5, 0.6) is 0 Å².